The second-order valence-corrected chi connectivity index (χ2v) is 6.83. The molecule has 0 spiro atoms. The molecule has 122 valence electrons. The predicted molar refractivity (Wildman–Crippen MR) is 90.7 cm³/mol. The van der Waals surface area contributed by atoms with Crippen molar-refractivity contribution in [3.05, 3.63) is 41.0 Å². The number of nitrogens with zero attached hydrogens (tertiary/aromatic N) is 2. The van der Waals surface area contributed by atoms with Crippen molar-refractivity contribution < 1.29 is 9.59 Å². The van der Waals surface area contributed by atoms with E-state index in [4.69, 9.17) is 0 Å². The second kappa shape index (κ2) is 6.19. The number of hydrogen-bond donors (Lipinski definition) is 0. The molecule has 1 fully saturated rings. The molecular formula is C19H24N2O2. The fourth-order valence-corrected chi connectivity index (χ4v) is 3.43. The number of amides is 2. The average Bonchev–Trinajstić information content (AvgIpc) is 2.97. The summed E-state index contributed by atoms with van der Waals surface area (Å²) in [5.41, 5.74) is 3.23. The molecule has 1 unspecified atom stereocenters. The number of benzene rings is 1. The monoisotopic (exact) mass is 312 g/mol. The zero-order chi connectivity index (χ0) is 16.6. The third-order valence-corrected chi connectivity index (χ3v) is 4.73. The molecule has 1 aliphatic heterocycles. The lowest BCUT2D eigenvalue weighted by atomic mass is 10.1. The molecule has 4 nitrogen and oxygen atoms in total. The average molecular weight is 312 g/mol. The number of hydrogen-bond acceptors (Lipinski definition) is 2. The zero-order valence-electron chi connectivity index (χ0n) is 14.1. The number of carbonyl (C=O) groups is 2. The molecule has 0 radical (unpaired) electrons. The van der Waals surface area contributed by atoms with Crippen LogP contribution < -0.4 is 0 Å². The molecule has 0 bridgehead atoms. The van der Waals surface area contributed by atoms with Crippen molar-refractivity contribution in [1.29, 1.82) is 0 Å². The molecule has 3 rings (SSSR count). The van der Waals surface area contributed by atoms with Crippen LogP contribution >= 0.6 is 0 Å². The van der Waals surface area contributed by atoms with Gasteiger partial charge in [-0.2, -0.15) is 0 Å². The zero-order valence-corrected chi connectivity index (χ0v) is 14.1. The lowest BCUT2D eigenvalue weighted by Crippen LogP contribution is -2.56. The number of rotatable bonds is 2. The predicted octanol–water partition coefficient (Wildman–Crippen LogP) is 2.34. The Morgan fingerprint density at radius 3 is 2.57 bits per heavy atom. The van der Waals surface area contributed by atoms with Crippen LogP contribution in [0.1, 0.15) is 31.9 Å². The summed E-state index contributed by atoms with van der Waals surface area (Å²) in [6.45, 7) is 7.75. The molecule has 0 N–H and O–H groups in total. The fraction of sp³-hybridized carbons (Fsp3) is 0.474. The lowest BCUT2D eigenvalue weighted by Gasteiger charge is -2.40. The standard InChI is InChI=1S/C19H24N2O2/c1-13(2)18(22)20-8-9-21(14(3)12-20)19(23)17-10-15-6-4-5-7-16(15)11-17/h4-7,10,13-14H,8-9,11-12H2,1-3H3. The van der Waals surface area contributed by atoms with Crippen LogP contribution in [-0.2, 0) is 16.0 Å². The first-order chi connectivity index (χ1) is 11.0. The Labute approximate surface area is 137 Å². The van der Waals surface area contributed by atoms with Crippen molar-refractivity contribution in [1.82, 2.24) is 9.80 Å². The van der Waals surface area contributed by atoms with Gasteiger partial charge in [0.15, 0.2) is 0 Å². The summed E-state index contributed by atoms with van der Waals surface area (Å²) in [6, 6.07) is 8.21. The summed E-state index contributed by atoms with van der Waals surface area (Å²) in [4.78, 5) is 28.8. The van der Waals surface area contributed by atoms with Gasteiger partial charge in [0.1, 0.15) is 0 Å². The summed E-state index contributed by atoms with van der Waals surface area (Å²) in [5, 5.41) is 0. The Morgan fingerprint density at radius 1 is 1.17 bits per heavy atom. The highest BCUT2D eigenvalue weighted by molar-refractivity contribution is 6.00. The van der Waals surface area contributed by atoms with Gasteiger partial charge in [-0.15, -0.1) is 0 Å². The first-order valence-corrected chi connectivity index (χ1v) is 8.35. The molecule has 4 heteroatoms. The first kappa shape index (κ1) is 15.8. The minimum atomic E-state index is 0.0106. The van der Waals surface area contributed by atoms with Gasteiger partial charge in [0.05, 0.1) is 0 Å². The molecule has 2 aliphatic rings. The van der Waals surface area contributed by atoms with Gasteiger partial charge in [0.2, 0.25) is 5.91 Å². The summed E-state index contributed by atoms with van der Waals surface area (Å²) in [5.74, 6) is 0.304. The molecule has 1 aromatic rings. The normalized spacial score (nSPS) is 20.5. The molecule has 23 heavy (non-hydrogen) atoms. The molecule has 1 atom stereocenters. The summed E-state index contributed by atoms with van der Waals surface area (Å²) >= 11 is 0. The van der Waals surface area contributed by atoms with Crippen LogP contribution in [0.25, 0.3) is 6.08 Å². The van der Waals surface area contributed by atoms with Gasteiger partial charge in [-0.25, -0.2) is 0 Å². The largest absolute Gasteiger partial charge is 0.339 e. The maximum Gasteiger partial charge on any atom is 0.250 e. The molecule has 1 heterocycles. The quantitative estimate of drug-likeness (QED) is 0.841. The van der Waals surface area contributed by atoms with Crippen molar-refractivity contribution in [2.75, 3.05) is 19.6 Å². The van der Waals surface area contributed by atoms with Gasteiger partial charge in [-0.05, 0) is 24.1 Å². The highest BCUT2D eigenvalue weighted by Gasteiger charge is 2.32. The van der Waals surface area contributed by atoms with Crippen LogP contribution in [0.3, 0.4) is 0 Å². The lowest BCUT2D eigenvalue weighted by molar-refractivity contribution is -0.142. The van der Waals surface area contributed by atoms with Gasteiger partial charge in [0, 0.05) is 43.6 Å². The van der Waals surface area contributed by atoms with Crippen molar-refractivity contribution in [2.24, 2.45) is 5.92 Å². The smallest absolute Gasteiger partial charge is 0.250 e. The van der Waals surface area contributed by atoms with Crippen molar-refractivity contribution in [3.8, 4) is 0 Å². The molecule has 0 aromatic heterocycles. The molecule has 1 aliphatic carbocycles. The maximum atomic E-state index is 12.8. The van der Waals surface area contributed by atoms with E-state index in [1.165, 1.54) is 5.56 Å². The SMILES string of the molecule is CC(C)C(=O)N1CCN(C(=O)C2=Cc3ccccc3C2)C(C)C1. The number of piperazine rings is 1. The van der Waals surface area contributed by atoms with E-state index in [2.05, 4.69) is 12.1 Å². The van der Waals surface area contributed by atoms with Crippen molar-refractivity contribution >= 4 is 17.9 Å². The molecule has 2 amide bonds. The van der Waals surface area contributed by atoms with Crippen LogP contribution in [0.5, 0.6) is 0 Å². The molecule has 1 saturated heterocycles. The minimum absolute atomic E-state index is 0.0106. The van der Waals surface area contributed by atoms with Crippen LogP contribution in [0.4, 0.5) is 0 Å². The summed E-state index contributed by atoms with van der Waals surface area (Å²) in [7, 11) is 0. The third-order valence-electron chi connectivity index (χ3n) is 4.73. The van der Waals surface area contributed by atoms with Gasteiger partial charge in [-0.1, -0.05) is 38.1 Å². The minimum Gasteiger partial charge on any atom is -0.339 e. The molecule has 1 aromatic carbocycles. The Bertz CT molecular complexity index is 663. The second-order valence-electron chi connectivity index (χ2n) is 6.83. The van der Waals surface area contributed by atoms with Gasteiger partial charge < -0.3 is 9.80 Å². The van der Waals surface area contributed by atoms with Crippen LogP contribution in [0.15, 0.2) is 29.8 Å². The number of fused-ring (bicyclic) bond motifs is 1. The Balaban J connectivity index is 1.68. The van der Waals surface area contributed by atoms with E-state index < -0.39 is 0 Å². The van der Waals surface area contributed by atoms with Gasteiger partial charge >= 0.3 is 0 Å². The van der Waals surface area contributed by atoms with Crippen LogP contribution in [-0.4, -0.2) is 47.3 Å². The van der Waals surface area contributed by atoms with Gasteiger partial charge in [-0.3, -0.25) is 9.59 Å². The molecule has 0 saturated carbocycles. The maximum absolute atomic E-state index is 12.8. The van der Waals surface area contributed by atoms with Crippen LogP contribution in [0.2, 0.25) is 0 Å². The van der Waals surface area contributed by atoms with E-state index in [-0.39, 0.29) is 23.8 Å². The van der Waals surface area contributed by atoms with E-state index in [9.17, 15) is 9.59 Å². The summed E-state index contributed by atoms with van der Waals surface area (Å²) < 4.78 is 0. The number of carbonyl (C=O) groups excluding carboxylic acids is 2. The highest BCUT2D eigenvalue weighted by atomic mass is 16.2. The Kier molecular flexibility index (Phi) is 4.24. The van der Waals surface area contributed by atoms with Crippen molar-refractivity contribution in [2.45, 2.75) is 33.2 Å². The van der Waals surface area contributed by atoms with E-state index in [0.717, 1.165) is 11.1 Å². The van der Waals surface area contributed by atoms with Gasteiger partial charge in [0.25, 0.3) is 5.91 Å². The van der Waals surface area contributed by atoms with E-state index in [0.29, 0.717) is 26.1 Å². The first-order valence-electron chi connectivity index (χ1n) is 8.35. The Morgan fingerprint density at radius 2 is 1.91 bits per heavy atom. The van der Waals surface area contributed by atoms with Crippen molar-refractivity contribution in [3.63, 3.8) is 0 Å². The summed E-state index contributed by atoms with van der Waals surface area (Å²) in [6.07, 6.45) is 2.73. The molecular weight excluding hydrogens is 288 g/mol. The van der Waals surface area contributed by atoms with E-state index >= 15 is 0 Å². The fourth-order valence-electron chi connectivity index (χ4n) is 3.43. The topological polar surface area (TPSA) is 40.6 Å². The highest BCUT2D eigenvalue weighted by Crippen LogP contribution is 2.27. The van der Waals surface area contributed by atoms with E-state index in [1.807, 2.05) is 48.8 Å². The van der Waals surface area contributed by atoms with E-state index in [1.54, 1.807) is 0 Å². The van der Waals surface area contributed by atoms with Crippen LogP contribution in [0, 0.1) is 5.92 Å². The Hall–Kier alpha value is -2.10. The third kappa shape index (κ3) is 3.03.